The molecule has 8 heteroatoms. The smallest absolute Gasteiger partial charge is 0.0913 e. The van der Waals surface area contributed by atoms with Crippen molar-refractivity contribution in [3.8, 4) is 0 Å². The Bertz CT molecular complexity index is 203. The van der Waals surface area contributed by atoms with Crippen molar-refractivity contribution in [1.29, 1.82) is 0 Å². The van der Waals surface area contributed by atoms with E-state index in [1.807, 2.05) is 0 Å². The lowest BCUT2D eigenvalue weighted by Crippen LogP contribution is -2.14. The van der Waals surface area contributed by atoms with Crippen LogP contribution in [0.5, 0.6) is 0 Å². The number of ether oxygens (including phenoxy) is 4. The van der Waals surface area contributed by atoms with Gasteiger partial charge < -0.3 is 28.6 Å². The van der Waals surface area contributed by atoms with Crippen LogP contribution in [0.2, 0.25) is 0 Å². The molecule has 0 aromatic rings. The predicted octanol–water partition coefficient (Wildman–Crippen LogP) is 1.17. The van der Waals surface area contributed by atoms with Gasteiger partial charge in [-0.3, -0.25) is 0 Å². The Hall–Kier alpha value is -0.320. The quantitative estimate of drug-likeness (QED) is 0.234. The van der Waals surface area contributed by atoms with E-state index in [2.05, 4.69) is 9.68 Å². The van der Waals surface area contributed by atoms with Crippen molar-refractivity contribution < 1.29 is 28.6 Å². The van der Waals surface area contributed by atoms with Crippen LogP contribution < -0.4 is 11.8 Å². The van der Waals surface area contributed by atoms with E-state index >= 15 is 0 Å². The fourth-order valence-corrected chi connectivity index (χ4v) is 1.97. The van der Waals surface area contributed by atoms with Gasteiger partial charge in [0.1, 0.15) is 0 Å². The molecule has 4 N–H and O–H groups in total. The van der Waals surface area contributed by atoms with Crippen molar-refractivity contribution in [1.82, 2.24) is 0 Å². The van der Waals surface area contributed by atoms with Crippen LogP contribution in [-0.4, -0.2) is 66.1 Å². The molecule has 0 saturated heterocycles. The van der Waals surface area contributed by atoms with Gasteiger partial charge >= 0.3 is 0 Å². The van der Waals surface area contributed by atoms with Crippen LogP contribution in [0, 0.1) is 0 Å². The first-order chi connectivity index (χ1) is 11.9. The Kier molecular flexibility index (Phi) is 22.4. The zero-order valence-corrected chi connectivity index (χ0v) is 14.9. The van der Waals surface area contributed by atoms with Crippen LogP contribution in [0.15, 0.2) is 0 Å². The molecule has 0 rings (SSSR count). The highest BCUT2D eigenvalue weighted by molar-refractivity contribution is 4.45. The summed E-state index contributed by atoms with van der Waals surface area (Å²) in [5, 5.41) is 0. The Morgan fingerprint density at radius 3 is 1.12 bits per heavy atom. The predicted molar refractivity (Wildman–Crippen MR) is 91.3 cm³/mol. The average molecular weight is 352 g/mol. The minimum absolute atomic E-state index is 0.396. The molecule has 0 atom stereocenters. The summed E-state index contributed by atoms with van der Waals surface area (Å²) in [5.41, 5.74) is 0. The van der Waals surface area contributed by atoms with Gasteiger partial charge in [-0.15, -0.1) is 0 Å². The minimum Gasteiger partial charge on any atom is -0.379 e. The SMILES string of the molecule is NOCCCCCCCCOCCOCCOCCOCCON. The van der Waals surface area contributed by atoms with Gasteiger partial charge in [0.05, 0.1) is 59.5 Å². The van der Waals surface area contributed by atoms with Crippen molar-refractivity contribution in [2.75, 3.05) is 66.1 Å². The monoisotopic (exact) mass is 352 g/mol. The summed E-state index contributed by atoms with van der Waals surface area (Å²) < 4.78 is 21.5. The third-order valence-corrected chi connectivity index (χ3v) is 3.26. The van der Waals surface area contributed by atoms with Crippen LogP contribution >= 0.6 is 0 Å². The first kappa shape index (κ1) is 23.7. The zero-order chi connectivity index (χ0) is 17.6. The zero-order valence-electron chi connectivity index (χ0n) is 14.9. The molecule has 0 bridgehead atoms. The molecule has 0 fully saturated rings. The van der Waals surface area contributed by atoms with Crippen LogP contribution in [0.25, 0.3) is 0 Å². The van der Waals surface area contributed by atoms with Gasteiger partial charge in [-0.25, -0.2) is 11.8 Å². The second kappa shape index (κ2) is 22.7. The lowest BCUT2D eigenvalue weighted by atomic mass is 10.1. The van der Waals surface area contributed by atoms with E-state index in [9.17, 15) is 0 Å². The van der Waals surface area contributed by atoms with E-state index in [1.165, 1.54) is 25.7 Å². The van der Waals surface area contributed by atoms with Gasteiger partial charge in [-0.05, 0) is 12.8 Å². The molecule has 0 aliphatic rings. The molecule has 8 nitrogen and oxygen atoms in total. The third-order valence-electron chi connectivity index (χ3n) is 3.26. The molecule has 0 aromatic carbocycles. The third kappa shape index (κ3) is 21.7. The van der Waals surface area contributed by atoms with Crippen LogP contribution in [0.4, 0.5) is 0 Å². The molecule has 24 heavy (non-hydrogen) atoms. The topological polar surface area (TPSA) is 107 Å². The Morgan fingerprint density at radius 2 is 0.667 bits per heavy atom. The summed E-state index contributed by atoms with van der Waals surface area (Å²) in [5.74, 6) is 9.83. The van der Waals surface area contributed by atoms with E-state index in [-0.39, 0.29) is 0 Å². The van der Waals surface area contributed by atoms with Crippen LogP contribution in [0.3, 0.4) is 0 Å². The Labute approximate surface area is 145 Å². The van der Waals surface area contributed by atoms with Crippen molar-refractivity contribution in [3.63, 3.8) is 0 Å². The van der Waals surface area contributed by atoms with E-state index in [1.54, 1.807) is 0 Å². The molecule has 0 heterocycles. The summed E-state index contributed by atoms with van der Waals surface area (Å²) in [6.45, 7) is 5.79. The van der Waals surface area contributed by atoms with Gasteiger partial charge in [-0.2, -0.15) is 0 Å². The van der Waals surface area contributed by atoms with Gasteiger partial charge in [0, 0.05) is 6.61 Å². The summed E-state index contributed by atoms with van der Waals surface area (Å²) in [6, 6.07) is 0. The lowest BCUT2D eigenvalue weighted by Gasteiger charge is -2.07. The molecule has 0 saturated carbocycles. The number of unbranched alkanes of at least 4 members (excludes halogenated alkanes) is 5. The molecule has 0 aromatic heterocycles. The molecule has 0 unspecified atom stereocenters. The first-order valence-corrected chi connectivity index (χ1v) is 8.86. The van der Waals surface area contributed by atoms with Crippen molar-refractivity contribution in [2.45, 2.75) is 38.5 Å². The summed E-state index contributed by atoms with van der Waals surface area (Å²) in [4.78, 5) is 8.90. The number of rotatable bonds is 21. The Balaban J connectivity index is 2.93. The van der Waals surface area contributed by atoms with Crippen LogP contribution in [-0.2, 0) is 28.6 Å². The molecular formula is C16H36N2O6. The second-order valence-corrected chi connectivity index (χ2v) is 5.31. The van der Waals surface area contributed by atoms with Gasteiger partial charge in [0.15, 0.2) is 0 Å². The largest absolute Gasteiger partial charge is 0.379 e. The maximum Gasteiger partial charge on any atom is 0.0913 e. The summed E-state index contributed by atoms with van der Waals surface area (Å²) in [7, 11) is 0. The lowest BCUT2D eigenvalue weighted by molar-refractivity contribution is -0.0114. The standard InChI is InChI=1S/C16H36N2O6/c17-23-8-6-4-2-1-3-5-7-19-9-10-20-11-12-21-13-14-22-15-16-24-18/h1-18H2. The minimum atomic E-state index is 0.396. The maximum atomic E-state index is 5.52. The normalized spacial score (nSPS) is 11.2. The van der Waals surface area contributed by atoms with E-state index in [0.717, 1.165) is 19.4 Å². The van der Waals surface area contributed by atoms with Crippen molar-refractivity contribution >= 4 is 0 Å². The summed E-state index contributed by atoms with van der Waals surface area (Å²) in [6.07, 6.45) is 7.01. The highest BCUT2D eigenvalue weighted by Crippen LogP contribution is 2.05. The molecule has 0 spiro atoms. The van der Waals surface area contributed by atoms with Gasteiger partial charge in [0.25, 0.3) is 0 Å². The fraction of sp³-hybridized carbons (Fsp3) is 1.00. The van der Waals surface area contributed by atoms with Crippen molar-refractivity contribution in [3.05, 3.63) is 0 Å². The molecule has 0 radical (unpaired) electrons. The second-order valence-electron chi connectivity index (χ2n) is 5.31. The fourth-order valence-electron chi connectivity index (χ4n) is 1.97. The molecule has 0 aliphatic heterocycles. The van der Waals surface area contributed by atoms with E-state index in [0.29, 0.717) is 59.5 Å². The highest BCUT2D eigenvalue weighted by atomic mass is 16.6. The number of hydrogen-bond donors (Lipinski definition) is 2. The van der Waals surface area contributed by atoms with Gasteiger partial charge in [-0.1, -0.05) is 25.7 Å². The maximum absolute atomic E-state index is 5.52. The van der Waals surface area contributed by atoms with E-state index < -0.39 is 0 Å². The first-order valence-electron chi connectivity index (χ1n) is 8.86. The van der Waals surface area contributed by atoms with Gasteiger partial charge in [0.2, 0.25) is 0 Å². The van der Waals surface area contributed by atoms with Crippen molar-refractivity contribution in [2.24, 2.45) is 11.8 Å². The highest BCUT2D eigenvalue weighted by Gasteiger charge is 1.94. The number of hydrogen-bond acceptors (Lipinski definition) is 8. The Morgan fingerprint density at radius 1 is 0.333 bits per heavy atom. The number of nitrogens with two attached hydrogens (primary N) is 2. The van der Waals surface area contributed by atoms with E-state index in [4.69, 9.17) is 30.7 Å². The summed E-state index contributed by atoms with van der Waals surface area (Å²) >= 11 is 0. The average Bonchev–Trinajstić information content (AvgIpc) is 2.60. The molecular weight excluding hydrogens is 316 g/mol. The molecule has 146 valence electrons. The molecule has 0 aliphatic carbocycles. The van der Waals surface area contributed by atoms with Crippen LogP contribution in [0.1, 0.15) is 38.5 Å². The molecule has 0 amide bonds.